The van der Waals surface area contributed by atoms with Gasteiger partial charge in [0.05, 0.1) is 6.04 Å². The van der Waals surface area contributed by atoms with Gasteiger partial charge in [0, 0.05) is 6.42 Å². The number of rotatable bonds is 5. The Kier molecular flexibility index (Phi) is 3.25. The largest absolute Gasteiger partial charge is 0.362 e. The molecule has 5 heteroatoms. The number of fused-ring (bicyclic) bond motifs is 1. The summed E-state index contributed by atoms with van der Waals surface area (Å²) >= 11 is 0. The summed E-state index contributed by atoms with van der Waals surface area (Å²) in [6, 6.07) is 14.9. The van der Waals surface area contributed by atoms with Gasteiger partial charge in [-0.25, -0.2) is 0 Å². The van der Waals surface area contributed by atoms with Gasteiger partial charge in [-0.15, -0.1) is 15.3 Å². The van der Waals surface area contributed by atoms with E-state index in [2.05, 4.69) is 57.9 Å². The van der Waals surface area contributed by atoms with Crippen molar-refractivity contribution < 1.29 is 0 Å². The van der Waals surface area contributed by atoms with Crippen LogP contribution in [-0.2, 0) is 6.42 Å². The minimum Gasteiger partial charge on any atom is -0.362 e. The van der Waals surface area contributed by atoms with Gasteiger partial charge in [0.1, 0.15) is 5.82 Å². The molecule has 3 aromatic rings. The van der Waals surface area contributed by atoms with Crippen molar-refractivity contribution in [2.24, 2.45) is 5.92 Å². The molecule has 5 nitrogen and oxygen atoms in total. The van der Waals surface area contributed by atoms with Crippen LogP contribution in [0.4, 0.5) is 5.82 Å². The summed E-state index contributed by atoms with van der Waals surface area (Å²) in [5.41, 5.74) is 2.12. The van der Waals surface area contributed by atoms with Crippen molar-refractivity contribution in [3.05, 3.63) is 53.9 Å². The molecule has 0 saturated heterocycles. The lowest BCUT2D eigenvalue weighted by Crippen LogP contribution is -2.15. The first kappa shape index (κ1) is 13.2. The maximum atomic E-state index is 4.66. The lowest BCUT2D eigenvalue weighted by molar-refractivity contribution is 0.670. The van der Waals surface area contributed by atoms with Gasteiger partial charge in [-0.1, -0.05) is 37.3 Å². The summed E-state index contributed by atoms with van der Waals surface area (Å²) in [5.74, 6) is 2.47. The average molecular weight is 293 g/mol. The average Bonchev–Trinajstić information content (AvgIpc) is 3.33. The molecule has 0 radical (unpaired) electrons. The Bertz CT molecular complexity index is 776. The van der Waals surface area contributed by atoms with Gasteiger partial charge < -0.3 is 5.32 Å². The highest BCUT2D eigenvalue weighted by molar-refractivity contribution is 5.45. The van der Waals surface area contributed by atoms with E-state index in [0.29, 0.717) is 12.0 Å². The number of nitrogens with one attached hydrogen (secondary N) is 1. The molecule has 1 aliphatic rings. The molecule has 0 aliphatic heterocycles. The van der Waals surface area contributed by atoms with Gasteiger partial charge >= 0.3 is 0 Å². The zero-order valence-corrected chi connectivity index (χ0v) is 12.6. The van der Waals surface area contributed by atoms with E-state index in [1.54, 1.807) is 0 Å². The molecule has 0 bridgehead atoms. The van der Waals surface area contributed by atoms with Crippen LogP contribution in [0.25, 0.3) is 5.65 Å². The predicted molar refractivity (Wildman–Crippen MR) is 85.7 cm³/mol. The van der Waals surface area contributed by atoms with E-state index in [0.717, 1.165) is 23.7 Å². The van der Waals surface area contributed by atoms with Gasteiger partial charge in [-0.3, -0.25) is 0 Å². The van der Waals surface area contributed by atoms with Crippen LogP contribution in [0.5, 0.6) is 0 Å². The fourth-order valence-corrected chi connectivity index (χ4v) is 2.85. The molecule has 1 N–H and O–H groups in total. The molecule has 1 saturated carbocycles. The van der Waals surface area contributed by atoms with Gasteiger partial charge in [0.25, 0.3) is 0 Å². The molecule has 1 aliphatic carbocycles. The first-order valence-electron chi connectivity index (χ1n) is 7.88. The summed E-state index contributed by atoms with van der Waals surface area (Å²) in [5, 5.41) is 16.6. The summed E-state index contributed by atoms with van der Waals surface area (Å²) in [6.07, 6.45) is 3.38. The fourth-order valence-electron chi connectivity index (χ4n) is 2.85. The van der Waals surface area contributed by atoms with Crippen molar-refractivity contribution in [1.82, 2.24) is 19.8 Å². The van der Waals surface area contributed by atoms with Crippen molar-refractivity contribution in [2.45, 2.75) is 32.2 Å². The maximum absolute atomic E-state index is 4.66. The third-order valence-corrected chi connectivity index (χ3v) is 4.20. The molecule has 2 heterocycles. The van der Waals surface area contributed by atoms with Crippen LogP contribution in [0.15, 0.2) is 42.5 Å². The van der Waals surface area contributed by atoms with E-state index >= 15 is 0 Å². The molecule has 4 rings (SSSR count). The highest BCUT2D eigenvalue weighted by Gasteiger charge is 2.32. The standard InChI is InChI=1S/C17H19N5/c1-2-15-19-20-16-11-10-14(21-22(15)16)18-17(13-8-9-13)12-6-4-3-5-7-12/h3-7,10-11,13,17H,2,8-9H2,1H3,(H,18,21). The zero-order valence-electron chi connectivity index (χ0n) is 12.6. The first-order valence-corrected chi connectivity index (χ1v) is 7.88. The maximum Gasteiger partial charge on any atom is 0.178 e. The zero-order chi connectivity index (χ0) is 14.9. The molecular weight excluding hydrogens is 274 g/mol. The lowest BCUT2D eigenvalue weighted by Gasteiger charge is -2.19. The number of nitrogens with zero attached hydrogens (tertiary/aromatic N) is 4. The van der Waals surface area contributed by atoms with Crippen LogP contribution < -0.4 is 5.32 Å². The fraction of sp³-hybridized carbons (Fsp3) is 0.353. The molecule has 1 fully saturated rings. The second-order valence-corrected chi connectivity index (χ2v) is 5.83. The smallest absolute Gasteiger partial charge is 0.178 e. The molecule has 1 unspecified atom stereocenters. The van der Waals surface area contributed by atoms with E-state index in [4.69, 9.17) is 0 Å². The van der Waals surface area contributed by atoms with E-state index < -0.39 is 0 Å². The van der Waals surface area contributed by atoms with E-state index in [9.17, 15) is 0 Å². The second kappa shape index (κ2) is 5.40. The van der Waals surface area contributed by atoms with Crippen LogP contribution >= 0.6 is 0 Å². The molecule has 1 aromatic carbocycles. The number of hydrogen-bond acceptors (Lipinski definition) is 4. The number of anilines is 1. The number of hydrogen-bond donors (Lipinski definition) is 1. The van der Waals surface area contributed by atoms with Gasteiger partial charge in [0.15, 0.2) is 11.5 Å². The Morgan fingerprint density at radius 3 is 2.68 bits per heavy atom. The predicted octanol–water partition coefficient (Wildman–Crippen LogP) is 3.25. The van der Waals surface area contributed by atoms with Crippen molar-refractivity contribution in [1.29, 1.82) is 0 Å². The molecule has 0 spiro atoms. The van der Waals surface area contributed by atoms with Crippen LogP contribution in [0.3, 0.4) is 0 Å². The summed E-state index contributed by atoms with van der Waals surface area (Å²) in [4.78, 5) is 0. The van der Waals surface area contributed by atoms with Gasteiger partial charge in [-0.2, -0.15) is 4.52 Å². The Hall–Kier alpha value is -2.43. The lowest BCUT2D eigenvalue weighted by atomic mass is 10.0. The summed E-state index contributed by atoms with van der Waals surface area (Å²) in [6.45, 7) is 2.06. The van der Waals surface area contributed by atoms with Crippen molar-refractivity contribution in [3.8, 4) is 0 Å². The van der Waals surface area contributed by atoms with Crippen LogP contribution in [0.1, 0.15) is 37.2 Å². The third kappa shape index (κ3) is 2.43. The third-order valence-electron chi connectivity index (χ3n) is 4.20. The topological polar surface area (TPSA) is 55.1 Å². The molecule has 22 heavy (non-hydrogen) atoms. The van der Waals surface area contributed by atoms with Crippen LogP contribution in [-0.4, -0.2) is 19.8 Å². The van der Waals surface area contributed by atoms with Gasteiger partial charge in [0.2, 0.25) is 0 Å². The molecule has 1 atom stereocenters. The van der Waals surface area contributed by atoms with Crippen molar-refractivity contribution >= 4 is 11.5 Å². The summed E-state index contributed by atoms with van der Waals surface area (Å²) in [7, 11) is 0. The number of benzene rings is 1. The molecule has 0 amide bonds. The van der Waals surface area contributed by atoms with Crippen LogP contribution in [0.2, 0.25) is 0 Å². The minimum absolute atomic E-state index is 0.327. The normalized spacial score (nSPS) is 15.9. The molecule has 112 valence electrons. The number of aryl methyl sites for hydroxylation is 1. The molecular formula is C17H19N5. The van der Waals surface area contributed by atoms with Crippen molar-refractivity contribution in [2.75, 3.05) is 5.32 Å². The minimum atomic E-state index is 0.327. The number of aromatic nitrogens is 4. The highest BCUT2D eigenvalue weighted by atomic mass is 15.4. The van der Waals surface area contributed by atoms with E-state index in [1.807, 2.05) is 16.6 Å². The quantitative estimate of drug-likeness (QED) is 0.784. The Balaban J connectivity index is 1.66. The highest BCUT2D eigenvalue weighted by Crippen LogP contribution is 2.42. The second-order valence-electron chi connectivity index (χ2n) is 5.83. The van der Waals surface area contributed by atoms with Crippen LogP contribution in [0, 0.1) is 5.92 Å². The van der Waals surface area contributed by atoms with E-state index in [1.165, 1.54) is 18.4 Å². The first-order chi connectivity index (χ1) is 10.8. The van der Waals surface area contributed by atoms with Crippen molar-refractivity contribution in [3.63, 3.8) is 0 Å². The van der Waals surface area contributed by atoms with E-state index in [-0.39, 0.29) is 0 Å². The molecule has 2 aromatic heterocycles. The Morgan fingerprint density at radius 1 is 1.14 bits per heavy atom. The Morgan fingerprint density at radius 2 is 1.95 bits per heavy atom. The monoisotopic (exact) mass is 293 g/mol. The Labute approximate surface area is 129 Å². The van der Waals surface area contributed by atoms with Gasteiger partial charge in [-0.05, 0) is 36.5 Å². The SMILES string of the molecule is CCc1nnc2ccc(NC(c3ccccc3)C3CC3)nn12. The summed E-state index contributed by atoms with van der Waals surface area (Å²) < 4.78 is 1.83.